The first-order chi connectivity index (χ1) is 9.27. The van der Waals surface area contributed by atoms with Crippen molar-refractivity contribution in [2.24, 2.45) is 5.92 Å². The van der Waals surface area contributed by atoms with Gasteiger partial charge in [-0.25, -0.2) is 0 Å². The molecule has 1 amide bonds. The van der Waals surface area contributed by atoms with E-state index in [9.17, 15) is 9.59 Å². The van der Waals surface area contributed by atoms with E-state index in [2.05, 4.69) is 0 Å². The number of fused-ring (bicyclic) bond motifs is 1. The second kappa shape index (κ2) is 5.13. The molecule has 2 aliphatic heterocycles. The zero-order valence-electron chi connectivity index (χ0n) is 10.8. The van der Waals surface area contributed by atoms with Gasteiger partial charge in [0.2, 0.25) is 5.91 Å². The van der Waals surface area contributed by atoms with Crippen LogP contribution in [0.3, 0.4) is 0 Å². The molecule has 1 aromatic rings. The summed E-state index contributed by atoms with van der Waals surface area (Å²) in [7, 11) is 0. The van der Waals surface area contributed by atoms with E-state index >= 15 is 0 Å². The molecule has 0 atom stereocenters. The predicted octanol–water partition coefficient (Wildman–Crippen LogP) is 2.03. The van der Waals surface area contributed by atoms with Crippen LogP contribution in [0.5, 0.6) is 0 Å². The number of rotatable bonds is 1. The number of ether oxygens (including phenoxy) is 1. The van der Waals surface area contributed by atoms with E-state index < -0.39 is 0 Å². The molecule has 100 valence electrons. The summed E-state index contributed by atoms with van der Waals surface area (Å²) < 4.78 is 5.30. The molecule has 1 fully saturated rings. The maximum atomic E-state index is 12.6. The number of ketones is 1. The van der Waals surface area contributed by atoms with E-state index in [4.69, 9.17) is 4.74 Å². The molecule has 0 aliphatic carbocycles. The van der Waals surface area contributed by atoms with Crippen LogP contribution >= 0.6 is 0 Å². The average molecular weight is 259 g/mol. The van der Waals surface area contributed by atoms with Gasteiger partial charge in [-0.15, -0.1) is 0 Å². The summed E-state index contributed by atoms with van der Waals surface area (Å²) in [5, 5.41) is 0. The number of Topliss-reactive ketones (excluding diaryl/α,β-unsaturated/α-hetero) is 1. The Morgan fingerprint density at radius 3 is 2.74 bits per heavy atom. The average Bonchev–Trinajstić information content (AvgIpc) is 2.48. The number of benzene rings is 1. The molecule has 3 rings (SSSR count). The van der Waals surface area contributed by atoms with Gasteiger partial charge in [-0.1, -0.05) is 12.1 Å². The number of carbonyl (C=O) groups excluding carboxylic acids is 2. The number of hydrogen-bond donors (Lipinski definition) is 0. The van der Waals surface area contributed by atoms with Gasteiger partial charge in [0.1, 0.15) is 0 Å². The Morgan fingerprint density at radius 1 is 1.21 bits per heavy atom. The van der Waals surface area contributed by atoms with Crippen LogP contribution in [-0.4, -0.2) is 31.4 Å². The van der Waals surface area contributed by atoms with Crippen LogP contribution in [0, 0.1) is 5.92 Å². The first-order valence-electron chi connectivity index (χ1n) is 6.79. The van der Waals surface area contributed by atoms with Gasteiger partial charge < -0.3 is 9.64 Å². The van der Waals surface area contributed by atoms with Crippen LogP contribution in [0.4, 0.5) is 5.69 Å². The first-order valence-corrected chi connectivity index (χ1v) is 6.79. The van der Waals surface area contributed by atoms with E-state index in [1.807, 2.05) is 18.2 Å². The molecule has 4 nitrogen and oxygen atoms in total. The van der Waals surface area contributed by atoms with Crippen molar-refractivity contribution in [1.29, 1.82) is 0 Å². The quantitative estimate of drug-likeness (QED) is 0.775. The molecule has 2 aliphatic rings. The van der Waals surface area contributed by atoms with Crippen LogP contribution in [0.25, 0.3) is 0 Å². The maximum Gasteiger partial charge on any atom is 0.230 e. The van der Waals surface area contributed by atoms with Gasteiger partial charge in [0.05, 0.1) is 5.69 Å². The Kier molecular flexibility index (Phi) is 3.34. The van der Waals surface area contributed by atoms with Crippen LogP contribution in [0.15, 0.2) is 24.3 Å². The van der Waals surface area contributed by atoms with Crippen molar-refractivity contribution in [2.45, 2.75) is 19.3 Å². The molecule has 0 radical (unpaired) electrons. The second-order valence-electron chi connectivity index (χ2n) is 5.07. The van der Waals surface area contributed by atoms with Crippen molar-refractivity contribution in [1.82, 2.24) is 0 Å². The Bertz CT molecular complexity index is 506. The second-order valence-corrected chi connectivity index (χ2v) is 5.07. The van der Waals surface area contributed by atoms with E-state index in [0.29, 0.717) is 31.7 Å². The van der Waals surface area contributed by atoms with Crippen LogP contribution in [0.1, 0.15) is 29.6 Å². The Labute approximate surface area is 112 Å². The summed E-state index contributed by atoms with van der Waals surface area (Å²) in [6.07, 6.45) is 1.99. The van der Waals surface area contributed by atoms with Crippen molar-refractivity contribution in [3.63, 3.8) is 0 Å². The highest BCUT2D eigenvalue weighted by molar-refractivity contribution is 6.09. The Hall–Kier alpha value is -1.68. The minimum atomic E-state index is 0.0370. The van der Waals surface area contributed by atoms with Gasteiger partial charge in [-0.05, 0) is 25.0 Å². The zero-order chi connectivity index (χ0) is 13.2. The molecular weight excluding hydrogens is 242 g/mol. The first kappa shape index (κ1) is 12.4. The molecule has 19 heavy (non-hydrogen) atoms. The van der Waals surface area contributed by atoms with Gasteiger partial charge in [-0.2, -0.15) is 0 Å². The normalized spacial score (nSPS) is 20.2. The maximum absolute atomic E-state index is 12.6. The van der Waals surface area contributed by atoms with Crippen molar-refractivity contribution < 1.29 is 14.3 Å². The Morgan fingerprint density at radius 2 is 1.95 bits per heavy atom. The van der Waals surface area contributed by atoms with E-state index in [-0.39, 0.29) is 17.6 Å². The van der Waals surface area contributed by atoms with Gasteiger partial charge >= 0.3 is 0 Å². The summed E-state index contributed by atoms with van der Waals surface area (Å²) >= 11 is 0. The van der Waals surface area contributed by atoms with Crippen LogP contribution in [-0.2, 0) is 9.53 Å². The molecule has 4 heteroatoms. The summed E-state index contributed by atoms with van der Waals surface area (Å²) in [5.41, 5.74) is 1.45. The molecular formula is C15H17NO3. The summed E-state index contributed by atoms with van der Waals surface area (Å²) in [6, 6.07) is 7.39. The lowest BCUT2D eigenvalue weighted by atomic mass is 9.95. The summed E-state index contributed by atoms with van der Waals surface area (Å²) in [6.45, 7) is 1.82. The third-order valence-electron chi connectivity index (χ3n) is 3.89. The van der Waals surface area contributed by atoms with Crippen molar-refractivity contribution in [3.05, 3.63) is 29.8 Å². The molecule has 0 aromatic heterocycles. The monoisotopic (exact) mass is 259 g/mol. The van der Waals surface area contributed by atoms with Crippen molar-refractivity contribution >= 4 is 17.4 Å². The molecule has 1 saturated heterocycles. The lowest BCUT2D eigenvalue weighted by Crippen LogP contribution is -2.42. The van der Waals surface area contributed by atoms with E-state index in [0.717, 1.165) is 18.5 Å². The highest BCUT2D eigenvalue weighted by Gasteiger charge is 2.31. The Balaban J connectivity index is 1.87. The lowest BCUT2D eigenvalue weighted by Gasteiger charge is -2.32. The molecule has 0 spiro atoms. The van der Waals surface area contributed by atoms with Crippen molar-refractivity contribution in [3.8, 4) is 0 Å². The third kappa shape index (κ3) is 2.28. The number of hydrogen-bond acceptors (Lipinski definition) is 3. The number of anilines is 1. The minimum absolute atomic E-state index is 0.0370. The third-order valence-corrected chi connectivity index (χ3v) is 3.89. The number of amides is 1. The largest absolute Gasteiger partial charge is 0.381 e. The SMILES string of the molecule is O=C1CCN(C(=O)C2CCOCC2)c2ccccc21. The van der Waals surface area contributed by atoms with Gasteiger partial charge in [-0.3, -0.25) is 9.59 Å². The minimum Gasteiger partial charge on any atom is -0.381 e. The molecule has 2 heterocycles. The molecule has 0 N–H and O–H groups in total. The fourth-order valence-corrected chi connectivity index (χ4v) is 2.81. The topological polar surface area (TPSA) is 46.6 Å². The fraction of sp³-hybridized carbons (Fsp3) is 0.467. The fourth-order valence-electron chi connectivity index (χ4n) is 2.81. The number of para-hydroxylation sites is 1. The standard InChI is InChI=1S/C15H17NO3/c17-14-5-8-16(13-4-2-1-3-12(13)14)15(18)11-6-9-19-10-7-11/h1-4,11H,5-10H2. The van der Waals surface area contributed by atoms with Crippen molar-refractivity contribution in [2.75, 3.05) is 24.7 Å². The van der Waals surface area contributed by atoms with Gasteiger partial charge in [0, 0.05) is 37.7 Å². The highest BCUT2D eigenvalue weighted by atomic mass is 16.5. The van der Waals surface area contributed by atoms with E-state index in [1.165, 1.54) is 0 Å². The van der Waals surface area contributed by atoms with Crippen LogP contribution in [0.2, 0.25) is 0 Å². The summed E-state index contributed by atoms with van der Waals surface area (Å²) in [5.74, 6) is 0.310. The smallest absolute Gasteiger partial charge is 0.230 e. The molecule has 1 aromatic carbocycles. The van der Waals surface area contributed by atoms with Gasteiger partial charge in [0.15, 0.2) is 5.78 Å². The molecule has 0 bridgehead atoms. The molecule has 0 saturated carbocycles. The molecule has 0 unspecified atom stereocenters. The number of nitrogens with zero attached hydrogens (tertiary/aromatic N) is 1. The predicted molar refractivity (Wildman–Crippen MR) is 71.3 cm³/mol. The highest BCUT2D eigenvalue weighted by Crippen LogP contribution is 2.29. The van der Waals surface area contributed by atoms with E-state index in [1.54, 1.807) is 11.0 Å². The lowest BCUT2D eigenvalue weighted by molar-refractivity contribution is -0.125. The van der Waals surface area contributed by atoms with Gasteiger partial charge in [0.25, 0.3) is 0 Å². The zero-order valence-corrected chi connectivity index (χ0v) is 10.8. The summed E-state index contributed by atoms with van der Waals surface area (Å²) in [4.78, 5) is 26.2. The van der Waals surface area contributed by atoms with Crippen LogP contribution < -0.4 is 4.90 Å². The number of carbonyl (C=O) groups is 2.